The van der Waals surface area contributed by atoms with Crippen LogP contribution in [-0.2, 0) is 19.6 Å². The fourth-order valence-electron chi connectivity index (χ4n) is 4.43. The lowest BCUT2D eigenvalue weighted by Gasteiger charge is -2.54. The number of carbonyl (C=O) groups excluding carboxylic acids is 2. The number of rotatable bonds is 3. The minimum atomic E-state index is -3.29. The number of hydrogen-bond acceptors (Lipinski definition) is 4. The predicted molar refractivity (Wildman–Crippen MR) is 103 cm³/mol. The number of likely N-dealkylation sites (tertiary alicyclic amines) is 1. The van der Waals surface area contributed by atoms with Gasteiger partial charge in [-0.15, -0.1) is 0 Å². The summed E-state index contributed by atoms with van der Waals surface area (Å²) in [5, 5.41) is 2.64. The number of nitrogens with one attached hydrogen (secondary N) is 1. The van der Waals surface area contributed by atoms with E-state index in [1.165, 1.54) is 4.31 Å². The molecule has 1 N–H and O–H groups in total. The quantitative estimate of drug-likeness (QED) is 0.796. The fourth-order valence-corrected chi connectivity index (χ4v) is 5.98. The van der Waals surface area contributed by atoms with Crippen molar-refractivity contribution >= 4 is 33.2 Å². The third kappa shape index (κ3) is 3.31. The van der Waals surface area contributed by atoms with E-state index in [1.807, 2.05) is 0 Å². The summed E-state index contributed by atoms with van der Waals surface area (Å²) in [7, 11) is -3.29. The number of amides is 2. The summed E-state index contributed by atoms with van der Waals surface area (Å²) in [5.74, 6) is -0.535. The number of carbonyl (C=O) groups is 2. The average molecular weight is 391 g/mol. The molecule has 146 valence electrons. The van der Waals surface area contributed by atoms with Crippen LogP contribution in [0.4, 0.5) is 11.4 Å². The van der Waals surface area contributed by atoms with E-state index < -0.39 is 21.8 Å². The number of nitrogens with zero attached hydrogens (tertiary/aromatic N) is 2. The van der Waals surface area contributed by atoms with Gasteiger partial charge in [-0.3, -0.25) is 13.9 Å². The molecule has 1 aliphatic carbocycles. The summed E-state index contributed by atoms with van der Waals surface area (Å²) in [6.45, 7) is 5.30. The lowest BCUT2D eigenvalue weighted by molar-refractivity contribution is -0.159. The second kappa shape index (κ2) is 6.22. The molecule has 0 radical (unpaired) electrons. The van der Waals surface area contributed by atoms with E-state index in [9.17, 15) is 18.0 Å². The van der Waals surface area contributed by atoms with Crippen LogP contribution in [0.1, 0.15) is 33.1 Å². The van der Waals surface area contributed by atoms with E-state index in [-0.39, 0.29) is 17.2 Å². The van der Waals surface area contributed by atoms with Gasteiger partial charge in [-0.1, -0.05) is 19.9 Å². The van der Waals surface area contributed by atoms with Crippen LogP contribution >= 0.6 is 0 Å². The molecule has 1 aromatic rings. The molecule has 3 aliphatic rings. The van der Waals surface area contributed by atoms with Crippen LogP contribution < -0.4 is 9.62 Å². The van der Waals surface area contributed by atoms with E-state index in [0.29, 0.717) is 36.8 Å². The topological polar surface area (TPSA) is 86.8 Å². The second-order valence-electron chi connectivity index (χ2n) is 8.45. The predicted octanol–water partition coefficient (Wildman–Crippen LogP) is 1.81. The van der Waals surface area contributed by atoms with Crippen LogP contribution in [0, 0.1) is 11.3 Å². The molecular weight excluding hydrogens is 366 g/mol. The Morgan fingerprint density at radius 2 is 1.96 bits per heavy atom. The van der Waals surface area contributed by atoms with Gasteiger partial charge in [-0.25, -0.2) is 8.42 Å². The molecule has 0 bridgehead atoms. The Balaban J connectivity index is 1.46. The summed E-state index contributed by atoms with van der Waals surface area (Å²) >= 11 is 0. The van der Waals surface area contributed by atoms with Crippen LogP contribution in [0.5, 0.6) is 0 Å². The molecule has 2 saturated heterocycles. The van der Waals surface area contributed by atoms with Crippen molar-refractivity contribution in [3.8, 4) is 0 Å². The Labute approximate surface area is 159 Å². The third-order valence-corrected chi connectivity index (χ3v) is 7.60. The number of sulfonamides is 1. The number of benzene rings is 1. The van der Waals surface area contributed by atoms with Crippen LogP contribution in [0.15, 0.2) is 24.3 Å². The van der Waals surface area contributed by atoms with Crippen LogP contribution in [0.25, 0.3) is 0 Å². The zero-order valence-corrected chi connectivity index (χ0v) is 16.5. The summed E-state index contributed by atoms with van der Waals surface area (Å²) in [4.78, 5) is 26.8. The molecule has 8 heteroatoms. The van der Waals surface area contributed by atoms with Crippen molar-refractivity contribution in [3.63, 3.8) is 0 Å². The highest BCUT2D eigenvalue weighted by Gasteiger charge is 2.55. The highest BCUT2D eigenvalue weighted by atomic mass is 32.2. The molecule has 2 amide bonds. The molecule has 2 heterocycles. The van der Waals surface area contributed by atoms with Crippen LogP contribution in [0.2, 0.25) is 0 Å². The normalized spacial score (nSPS) is 25.8. The number of hydrogen-bond donors (Lipinski definition) is 1. The SMILES string of the molecule is CC1(C)CN(C(=O)C(=O)Nc2cccc(N3CCCS3(=O)=O)c2)C1C1CC1. The van der Waals surface area contributed by atoms with E-state index in [1.54, 1.807) is 29.2 Å². The Morgan fingerprint density at radius 1 is 1.22 bits per heavy atom. The van der Waals surface area contributed by atoms with Gasteiger partial charge in [-0.05, 0) is 43.4 Å². The van der Waals surface area contributed by atoms with Gasteiger partial charge >= 0.3 is 11.8 Å². The van der Waals surface area contributed by atoms with Gasteiger partial charge in [-0.2, -0.15) is 0 Å². The van der Waals surface area contributed by atoms with Crippen molar-refractivity contribution < 1.29 is 18.0 Å². The molecule has 4 rings (SSSR count). The standard InChI is InChI=1S/C19H25N3O4S/c1-19(2)12-21(16(19)13-7-8-13)18(24)17(23)20-14-5-3-6-15(11-14)22-9-4-10-27(22,25)26/h3,5-6,11,13,16H,4,7-10,12H2,1-2H3,(H,20,23). The zero-order chi connectivity index (χ0) is 19.4. The average Bonchev–Trinajstić information content (AvgIpc) is 3.33. The highest BCUT2D eigenvalue weighted by Crippen LogP contribution is 2.50. The molecule has 3 fully saturated rings. The van der Waals surface area contributed by atoms with E-state index in [0.717, 1.165) is 12.8 Å². The van der Waals surface area contributed by atoms with Crippen molar-refractivity contribution in [3.05, 3.63) is 24.3 Å². The first-order chi connectivity index (χ1) is 12.7. The smallest absolute Gasteiger partial charge is 0.313 e. The van der Waals surface area contributed by atoms with Gasteiger partial charge < -0.3 is 10.2 Å². The molecule has 27 heavy (non-hydrogen) atoms. The first-order valence-corrected chi connectivity index (χ1v) is 11.0. The zero-order valence-electron chi connectivity index (χ0n) is 15.6. The van der Waals surface area contributed by atoms with E-state index >= 15 is 0 Å². The van der Waals surface area contributed by atoms with Gasteiger partial charge in [0.15, 0.2) is 0 Å². The summed E-state index contributed by atoms with van der Waals surface area (Å²) < 4.78 is 25.5. The monoisotopic (exact) mass is 391 g/mol. The highest BCUT2D eigenvalue weighted by molar-refractivity contribution is 7.93. The minimum Gasteiger partial charge on any atom is -0.330 e. The van der Waals surface area contributed by atoms with Crippen LogP contribution in [0.3, 0.4) is 0 Å². The fraction of sp³-hybridized carbons (Fsp3) is 0.579. The summed E-state index contributed by atoms with van der Waals surface area (Å²) in [5.41, 5.74) is 0.996. The van der Waals surface area contributed by atoms with Crippen molar-refractivity contribution in [2.45, 2.75) is 39.2 Å². The molecule has 7 nitrogen and oxygen atoms in total. The van der Waals surface area contributed by atoms with Gasteiger partial charge in [0.05, 0.1) is 11.4 Å². The molecule has 2 aliphatic heterocycles. The molecule has 1 saturated carbocycles. The molecule has 1 aromatic carbocycles. The molecular formula is C19H25N3O4S. The minimum absolute atomic E-state index is 0.0567. The van der Waals surface area contributed by atoms with Crippen molar-refractivity contribution in [2.24, 2.45) is 11.3 Å². The summed E-state index contributed by atoms with van der Waals surface area (Å²) in [6, 6.07) is 6.78. The second-order valence-corrected chi connectivity index (χ2v) is 10.5. The van der Waals surface area contributed by atoms with Crippen molar-refractivity contribution in [1.82, 2.24) is 4.90 Å². The Bertz CT molecular complexity index is 892. The Kier molecular flexibility index (Phi) is 4.21. The maximum atomic E-state index is 12.6. The van der Waals surface area contributed by atoms with Gasteiger partial charge in [0.2, 0.25) is 10.0 Å². The van der Waals surface area contributed by atoms with Gasteiger partial charge in [0, 0.05) is 30.2 Å². The maximum Gasteiger partial charge on any atom is 0.313 e. The van der Waals surface area contributed by atoms with Gasteiger partial charge in [0.25, 0.3) is 0 Å². The summed E-state index contributed by atoms with van der Waals surface area (Å²) in [6.07, 6.45) is 2.82. The third-order valence-electron chi connectivity index (χ3n) is 5.73. The lowest BCUT2D eigenvalue weighted by Crippen LogP contribution is -2.66. The largest absolute Gasteiger partial charge is 0.330 e. The van der Waals surface area contributed by atoms with E-state index in [2.05, 4.69) is 19.2 Å². The Hall–Kier alpha value is -2.09. The lowest BCUT2D eigenvalue weighted by atomic mass is 9.72. The van der Waals surface area contributed by atoms with Gasteiger partial charge in [0.1, 0.15) is 0 Å². The molecule has 1 unspecified atom stereocenters. The number of anilines is 2. The molecule has 0 aromatic heterocycles. The molecule has 1 atom stereocenters. The van der Waals surface area contributed by atoms with Crippen LogP contribution in [-0.4, -0.2) is 50.0 Å². The van der Waals surface area contributed by atoms with E-state index in [4.69, 9.17) is 0 Å². The molecule has 0 spiro atoms. The maximum absolute atomic E-state index is 12.6. The van der Waals surface area contributed by atoms with Crippen molar-refractivity contribution in [2.75, 3.05) is 28.5 Å². The first-order valence-electron chi connectivity index (χ1n) is 9.41. The van der Waals surface area contributed by atoms with Crippen molar-refractivity contribution in [1.29, 1.82) is 0 Å². The first kappa shape index (κ1) is 18.3. The Morgan fingerprint density at radius 3 is 2.56 bits per heavy atom.